The van der Waals surface area contributed by atoms with Crippen LogP contribution in [-0.2, 0) is 4.84 Å². The molecular weight excluding hydrogens is 270 g/mol. The van der Waals surface area contributed by atoms with Gasteiger partial charge in [0.05, 0.1) is 5.71 Å². The normalized spacial score (nSPS) is 36.4. The van der Waals surface area contributed by atoms with Crippen molar-refractivity contribution in [1.82, 2.24) is 0 Å². The molecule has 3 rings (SSSR count). The van der Waals surface area contributed by atoms with Gasteiger partial charge in [-0.1, -0.05) is 50.5 Å². The van der Waals surface area contributed by atoms with Gasteiger partial charge in [-0.3, -0.25) is 0 Å². The lowest BCUT2D eigenvalue weighted by Gasteiger charge is -2.15. The van der Waals surface area contributed by atoms with Gasteiger partial charge in [-0.05, 0) is 44.7 Å². The molecular formula is C20H29NO. The number of rotatable bonds is 3. The minimum Gasteiger partial charge on any atom is -0.387 e. The SMILES string of the molecule is CC[C@@]1(C)C2(CC(c3c(C)cc(C)cc3C)=NO2)[C@@]1(C)CC. The quantitative estimate of drug-likeness (QED) is 0.740. The highest BCUT2D eigenvalue weighted by Crippen LogP contribution is 2.79. The summed E-state index contributed by atoms with van der Waals surface area (Å²) >= 11 is 0. The van der Waals surface area contributed by atoms with Gasteiger partial charge in [0.25, 0.3) is 0 Å². The van der Waals surface area contributed by atoms with Gasteiger partial charge >= 0.3 is 0 Å². The van der Waals surface area contributed by atoms with Crippen LogP contribution in [-0.4, -0.2) is 11.3 Å². The Morgan fingerprint density at radius 1 is 1.00 bits per heavy atom. The first-order valence-corrected chi connectivity index (χ1v) is 8.59. The maximum atomic E-state index is 6.16. The van der Waals surface area contributed by atoms with Gasteiger partial charge < -0.3 is 4.84 Å². The van der Waals surface area contributed by atoms with Crippen molar-refractivity contribution in [2.24, 2.45) is 16.0 Å². The van der Waals surface area contributed by atoms with E-state index >= 15 is 0 Å². The summed E-state index contributed by atoms with van der Waals surface area (Å²) in [6, 6.07) is 4.50. The van der Waals surface area contributed by atoms with Crippen LogP contribution in [0.5, 0.6) is 0 Å². The summed E-state index contributed by atoms with van der Waals surface area (Å²) in [7, 11) is 0. The van der Waals surface area contributed by atoms with E-state index in [9.17, 15) is 0 Å². The van der Waals surface area contributed by atoms with Crippen LogP contribution in [0.1, 0.15) is 69.2 Å². The third-order valence-corrected chi connectivity index (χ3v) is 7.05. The number of hydrogen-bond acceptors (Lipinski definition) is 2. The molecule has 1 aliphatic heterocycles. The molecule has 1 spiro atoms. The maximum absolute atomic E-state index is 6.16. The van der Waals surface area contributed by atoms with Gasteiger partial charge in [-0.15, -0.1) is 0 Å². The van der Waals surface area contributed by atoms with Crippen molar-refractivity contribution in [2.75, 3.05) is 0 Å². The molecule has 2 aliphatic rings. The highest BCUT2D eigenvalue weighted by Gasteiger charge is 2.84. The summed E-state index contributed by atoms with van der Waals surface area (Å²) in [5, 5.41) is 4.58. The summed E-state index contributed by atoms with van der Waals surface area (Å²) in [4.78, 5) is 6.16. The molecule has 0 N–H and O–H groups in total. The molecule has 0 aromatic heterocycles. The lowest BCUT2D eigenvalue weighted by atomic mass is 9.90. The number of hydrogen-bond donors (Lipinski definition) is 0. The second-order valence-electron chi connectivity index (χ2n) is 7.78. The van der Waals surface area contributed by atoms with Crippen molar-refractivity contribution >= 4 is 5.71 Å². The van der Waals surface area contributed by atoms with Gasteiger partial charge in [-0.25, -0.2) is 0 Å². The van der Waals surface area contributed by atoms with Crippen molar-refractivity contribution in [3.8, 4) is 0 Å². The lowest BCUT2D eigenvalue weighted by Crippen LogP contribution is -2.21. The summed E-state index contributed by atoms with van der Waals surface area (Å²) < 4.78 is 0. The smallest absolute Gasteiger partial charge is 0.155 e. The Bertz CT molecular complexity index is 621. The van der Waals surface area contributed by atoms with E-state index in [0.717, 1.165) is 25.0 Å². The number of nitrogens with zero attached hydrogens (tertiary/aromatic N) is 1. The first kappa shape index (κ1) is 15.6. The first-order chi connectivity index (χ1) is 10.3. The van der Waals surface area contributed by atoms with Crippen molar-refractivity contribution in [1.29, 1.82) is 0 Å². The van der Waals surface area contributed by atoms with Gasteiger partial charge in [-0.2, -0.15) is 0 Å². The average molecular weight is 299 g/mol. The zero-order chi connectivity index (χ0) is 16.3. The Kier molecular flexibility index (Phi) is 3.25. The Morgan fingerprint density at radius 3 is 1.95 bits per heavy atom. The van der Waals surface area contributed by atoms with E-state index in [1.54, 1.807) is 0 Å². The molecule has 0 bridgehead atoms. The minimum atomic E-state index is -0.0946. The van der Waals surface area contributed by atoms with E-state index in [-0.39, 0.29) is 16.4 Å². The predicted octanol–water partition coefficient (Wildman–Crippen LogP) is 5.32. The molecule has 0 saturated heterocycles. The van der Waals surface area contributed by atoms with Gasteiger partial charge in [0.2, 0.25) is 0 Å². The van der Waals surface area contributed by atoms with Crippen LogP contribution in [0.25, 0.3) is 0 Å². The third-order valence-electron chi connectivity index (χ3n) is 7.05. The number of oxime groups is 1. The monoisotopic (exact) mass is 299 g/mol. The fourth-order valence-corrected chi connectivity index (χ4v) is 5.27. The second-order valence-corrected chi connectivity index (χ2v) is 7.78. The van der Waals surface area contributed by atoms with Gasteiger partial charge in [0.1, 0.15) is 0 Å². The Labute approximate surface area is 134 Å². The van der Waals surface area contributed by atoms with E-state index in [0.29, 0.717) is 0 Å². The predicted molar refractivity (Wildman–Crippen MR) is 92.4 cm³/mol. The van der Waals surface area contributed by atoms with Crippen LogP contribution < -0.4 is 0 Å². The molecule has 1 fully saturated rings. The lowest BCUT2D eigenvalue weighted by molar-refractivity contribution is 0.0158. The highest BCUT2D eigenvalue weighted by atomic mass is 16.7. The Balaban J connectivity index is 1.97. The molecule has 22 heavy (non-hydrogen) atoms. The molecule has 1 unspecified atom stereocenters. The molecule has 120 valence electrons. The van der Waals surface area contributed by atoms with E-state index in [1.165, 1.54) is 22.3 Å². The van der Waals surface area contributed by atoms with E-state index < -0.39 is 0 Å². The third kappa shape index (κ3) is 1.59. The van der Waals surface area contributed by atoms with Crippen molar-refractivity contribution in [3.63, 3.8) is 0 Å². The van der Waals surface area contributed by atoms with Crippen molar-refractivity contribution in [2.45, 2.75) is 73.3 Å². The number of benzene rings is 1. The molecule has 1 saturated carbocycles. The zero-order valence-corrected chi connectivity index (χ0v) is 15.1. The van der Waals surface area contributed by atoms with E-state index in [4.69, 9.17) is 4.84 Å². The minimum absolute atomic E-state index is 0.0946. The van der Waals surface area contributed by atoms with Crippen LogP contribution in [0, 0.1) is 31.6 Å². The standard InChI is InChI=1S/C20H29NO/c1-8-18(6)19(7,9-2)20(18)12-16(21-22-20)17-14(4)10-13(3)11-15(17)5/h10-11H,8-9,12H2,1-7H3/t18-,19+,20?. The molecule has 0 amide bonds. The molecule has 1 aliphatic carbocycles. The van der Waals surface area contributed by atoms with Crippen molar-refractivity contribution < 1.29 is 4.84 Å². The number of aryl methyl sites for hydroxylation is 3. The van der Waals surface area contributed by atoms with Crippen LogP contribution in [0.15, 0.2) is 17.3 Å². The van der Waals surface area contributed by atoms with Crippen LogP contribution in [0.3, 0.4) is 0 Å². The molecule has 2 nitrogen and oxygen atoms in total. The fraction of sp³-hybridized carbons (Fsp3) is 0.650. The summed E-state index contributed by atoms with van der Waals surface area (Å²) in [6.07, 6.45) is 3.24. The Hall–Kier alpha value is -1.31. The van der Waals surface area contributed by atoms with Crippen LogP contribution in [0.2, 0.25) is 0 Å². The molecule has 1 aromatic carbocycles. The molecule has 2 heteroatoms. The average Bonchev–Trinajstić information content (AvgIpc) is 2.80. The molecule has 3 atom stereocenters. The fourth-order valence-electron chi connectivity index (χ4n) is 5.27. The first-order valence-electron chi connectivity index (χ1n) is 8.59. The summed E-state index contributed by atoms with van der Waals surface area (Å²) in [5.41, 5.74) is 6.75. The second kappa shape index (κ2) is 4.59. The van der Waals surface area contributed by atoms with Crippen LogP contribution >= 0.6 is 0 Å². The molecule has 1 heterocycles. The maximum Gasteiger partial charge on any atom is 0.155 e. The zero-order valence-electron chi connectivity index (χ0n) is 15.1. The molecule has 1 aromatic rings. The highest BCUT2D eigenvalue weighted by molar-refractivity contribution is 6.04. The summed E-state index contributed by atoms with van der Waals surface area (Å²) in [6.45, 7) is 15.9. The largest absolute Gasteiger partial charge is 0.387 e. The van der Waals surface area contributed by atoms with E-state index in [1.807, 2.05) is 0 Å². The molecule has 0 radical (unpaired) electrons. The topological polar surface area (TPSA) is 21.6 Å². The summed E-state index contributed by atoms with van der Waals surface area (Å²) in [5.74, 6) is 0. The van der Waals surface area contributed by atoms with Crippen LogP contribution in [0.4, 0.5) is 0 Å². The van der Waals surface area contributed by atoms with Gasteiger partial charge in [0.15, 0.2) is 5.60 Å². The van der Waals surface area contributed by atoms with E-state index in [2.05, 4.69) is 65.8 Å². The van der Waals surface area contributed by atoms with Crippen molar-refractivity contribution in [3.05, 3.63) is 34.4 Å². The van der Waals surface area contributed by atoms with Gasteiger partial charge in [0, 0.05) is 22.8 Å². The Morgan fingerprint density at radius 2 is 1.50 bits per heavy atom.